The third-order valence-corrected chi connectivity index (χ3v) is 3.81. The van der Waals surface area contributed by atoms with Crippen LogP contribution in [0.5, 0.6) is 5.88 Å². The van der Waals surface area contributed by atoms with Gasteiger partial charge in [-0.2, -0.15) is 0 Å². The summed E-state index contributed by atoms with van der Waals surface area (Å²) in [5.41, 5.74) is -1.36. The van der Waals surface area contributed by atoms with Crippen molar-refractivity contribution in [3.8, 4) is 5.88 Å². The molecule has 0 unspecified atom stereocenters. The Morgan fingerprint density at radius 3 is 2.30 bits per heavy atom. The van der Waals surface area contributed by atoms with Gasteiger partial charge in [0.2, 0.25) is 5.88 Å². The first kappa shape index (κ1) is 17.4. The molecule has 114 valence electrons. The minimum absolute atomic E-state index is 0.259. The largest absolute Gasteiger partial charge is 0.574 e. The highest BCUT2D eigenvalue weighted by Gasteiger charge is 2.36. The van der Waals surface area contributed by atoms with Crippen LogP contribution in [0.25, 0.3) is 0 Å². The zero-order valence-electron chi connectivity index (χ0n) is 9.09. The van der Waals surface area contributed by atoms with Gasteiger partial charge >= 0.3 is 6.36 Å². The summed E-state index contributed by atoms with van der Waals surface area (Å²) in [4.78, 5) is 1.77. The summed E-state index contributed by atoms with van der Waals surface area (Å²) < 4.78 is 87.3. The van der Waals surface area contributed by atoms with Crippen LogP contribution in [0.15, 0.2) is 11.0 Å². The van der Waals surface area contributed by atoms with Crippen molar-refractivity contribution in [2.75, 3.05) is 0 Å². The lowest BCUT2D eigenvalue weighted by Gasteiger charge is -2.14. The summed E-state index contributed by atoms with van der Waals surface area (Å²) in [6.07, 6.45) is -8.52. The number of alkyl halides is 6. The molecule has 0 N–H and O–H groups in total. The number of aromatic nitrogens is 1. The maximum Gasteiger partial charge on any atom is 0.574 e. The molecule has 0 atom stereocenters. The number of rotatable bonds is 4. The van der Waals surface area contributed by atoms with Gasteiger partial charge in [0.15, 0.2) is 0 Å². The van der Waals surface area contributed by atoms with Crippen LogP contribution in [0.4, 0.5) is 22.0 Å². The van der Waals surface area contributed by atoms with Gasteiger partial charge in [0.05, 0.1) is 0 Å². The molecule has 0 bridgehead atoms. The first-order chi connectivity index (χ1) is 8.95. The zero-order valence-corrected chi connectivity index (χ0v) is 12.2. The Hall–Kier alpha value is -0.680. The van der Waals surface area contributed by atoms with Crippen LogP contribution >= 0.6 is 26.6 Å². The molecule has 0 amide bonds. The van der Waals surface area contributed by atoms with Crippen molar-refractivity contribution in [2.45, 2.75) is 23.0 Å². The molecule has 0 spiro atoms. The predicted molar refractivity (Wildman–Crippen MR) is 61.5 cm³/mol. The van der Waals surface area contributed by atoms with E-state index in [1.165, 1.54) is 0 Å². The standard InChI is InChI=1S/C8H4BrClF5NO3S/c9-2-3-1-4(20(10,17)18)7(19-8(13,14)15)16-5(3)6(11)12/h1,6H,2H2. The lowest BCUT2D eigenvalue weighted by Crippen LogP contribution is -2.20. The molecule has 20 heavy (non-hydrogen) atoms. The van der Waals surface area contributed by atoms with E-state index in [2.05, 4.69) is 25.7 Å². The van der Waals surface area contributed by atoms with Crippen molar-refractivity contribution in [3.63, 3.8) is 0 Å². The molecule has 0 aromatic carbocycles. The second-order valence-corrected chi connectivity index (χ2v) is 6.35. The number of hydrogen-bond donors (Lipinski definition) is 0. The van der Waals surface area contributed by atoms with Crippen LogP contribution in [-0.2, 0) is 14.4 Å². The Morgan fingerprint density at radius 2 is 1.95 bits per heavy atom. The zero-order chi connectivity index (χ0) is 15.7. The third-order valence-electron chi connectivity index (χ3n) is 1.89. The average Bonchev–Trinajstić information content (AvgIpc) is 2.24. The van der Waals surface area contributed by atoms with Crippen molar-refractivity contribution in [3.05, 3.63) is 17.3 Å². The molecular formula is C8H4BrClF5NO3S. The first-order valence-electron chi connectivity index (χ1n) is 4.54. The highest BCUT2D eigenvalue weighted by atomic mass is 79.9. The monoisotopic (exact) mass is 403 g/mol. The van der Waals surface area contributed by atoms with Crippen molar-refractivity contribution >= 4 is 35.7 Å². The van der Waals surface area contributed by atoms with Crippen molar-refractivity contribution in [2.24, 2.45) is 0 Å². The molecular weight excluding hydrogens is 401 g/mol. The number of halogens is 7. The number of ether oxygens (including phenoxy) is 1. The molecule has 0 aliphatic heterocycles. The Morgan fingerprint density at radius 1 is 1.40 bits per heavy atom. The SMILES string of the molecule is O=S(=O)(Cl)c1cc(CBr)c(C(F)F)nc1OC(F)(F)F. The van der Waals surface area contributed by atoms with E-state index in [4.69, 9.17) is 10.7 Å². The van der Waals surface area contributed by atoms with Crippen LogP contribution in [0.3, 0.4) is 0 Å². The summed E-state index contributed by atoms with van der Waals surface area (Å²) in [5, 5.41) is -0.259. The van der Waals surface area contributed by atoms with Gasteiger partial charge in [-0.25, -0.2) is 22.2 Å². The molecule has 12 heteroatoms. The van der Waals surface area contributed by atoms with Crippen molar-refractivity contribution in [1.82, 2.24) is 4.98 Å². The van der Waals surface area contributed by atoms with E-state index in [1.807, 2.05) is 0 Å². The highest BCUT2D eigenvalue weighted by molar-refractivity contribution is 9.08. The number of pyridine rings is 1. The van der Waals surface area contributed by atoms with E-state index in [0.29, 0.717) is 6.07 Å². The number of hydrogen-bond acceptors (Lipinski definition) is 4. The van der Waals surface area contributed by atoms with Gasteiger partial charge in [-0.1, -0.05) is 15.9 Å². The van der Waals surface area contributed by atoms with E-state index in [1.54, 1.807) is 0 Å². The summed E-state index contributed by atoms with van der Waals surface area (Å²) >= 11 is 2.79. The molecule has 0 radical (unpaired) electrons. The quantitative estimate of drug-likeness (QED) is 0.436. The molecule has 4 nitrogen and oxygen atoms in total. The lowest BCUT2D eigenvalue weighted by atomic mass is 10.2. The van der Waals surface area contributed by atoms with Crippen LogP contribution in [-0.4, -0.2) is 19.8 Å². The normalized spacial score (nSPS) is 12.8. The fourth-order valence-corrected chi connectivity index (χ4v) is 2.54. The molecule has 1 rings (SSSR count). The minimum atomic E-state index is -5.31. The van der Waals surface area contributed by atoms with Gasteiger partial charge in [0.25, 0.3) is 15.5 Å². The highest BCUT2D eigenvalue weighted by Crippen LogP contribution is 2.34. The van der Waals surface area contributed by atoms with E-state index in [9.17, 15) is 30.4 Å². The fraction of sp³-hybridized carbons (Fsp3) is 0.375. The van der Waals surface area contributed by atoms with Crippen LogP contribution < -0.4 is 4.74 Å². The Kier molecular flexibility index (Phi) is 5.19. The van der Waals surface area contributed by atoms with Gasteiger partial charge in [0.1, 0.15) is 10.6 Å². The maximum atomic E-state index is 12.7. The van der Waals surface area contributed by atoms with Gasteiger partial charge in [-0.15, -0.1) is 13.2 Å². The first-order valence-corrected chi connectivity index (χ1v) is 7.97. The molecule has 1 aromatic heterocycles. The summed E-state index contributed by atoms with van der Waals surface area (Å²) in [5.74, 6) is -1.55. The molecule has 0 fully saturated rings. The average molecular weight is 405 g/mol. The van der Waals surface area contributed by atoms with Crippen molar-refractivity contribution in [1.29, 1.82) is 0 Å². The fourth-order valence-electron chi connectivity index (χ4n) is 1.18. The second kappa shape index (κ2) is 5.98. The third kappa shape index (κ3) is 4.42. The molecule has 1 heterocycles. The van der Waals surface area contributed by atoms with Gasteiger partial charge in [0, 0.05) is 16.0 Å². The number of nitrogens with zero attached hydrogens (tertiary/aromatic N) is 1. The predicted octanol–water partition coefficient (Wildman–Crippen LogP) is 3.74. The van der Waals surface area contributed by atoms with Crippen molar-refractivity contribution < 1.29 is 35.1 Å². The van der Waals surface area contributed by atoms with E-state index >= 15 is 0 Å². The Labute approximate surface area is 122 Å². The summed E-state index contributed by atoms with van der Waals surface area (Å²) in [6, 6.07) is 0.548. The Balaban J connectivity index is 3.57. The molecule has 1 aromatic rings. The summed E-state index contributed by atoms with van der Waals surface area (Å²) in [7, 11) is 0.274. The van der Waals surface area contributed by atoms with Gasteiger partial charge < -0.3 is 4.74 Å². The van der Waals surface area contributed by atoms with Gasteiger partial charge in [-0.05, 0) is 11.6 Å². The summed E-state index contributed by atoms with van der Waals surface area (Å²) in [6.45, 7) is 0. The van der Waals surface area contributed by atoms with Gasteiger partial charge in [-0.3, -0.25) is 0 Å². The van der Waals surface area contributed by atoms with E-state index in [-0.39, 0.29) is 10.9 Å². The van der Waals surface area contributed by atoms with E-state index in [0.717, 1.165) is 0 Å². The van der Waals surface area contributed by atoms with Crippen LogP contribution in [0.2, 0.25) is 0 Å². The molecule has 0 aliphatic rings. The minimum Gasteiger partial charge on any atom is -0.386 e. The topological polar surface area (TPSA) is 56.3 Å². The second-order valence-electron chi connectivity index (χ2n) is 3.26. The van der Waals surface area contributed by atoms with Crippen LogP contribution in [0.1, 0.15) is 17.7 Å². The van der Waals surface area contributed by atoms with E-state index < -0.39 is 38.3 Å². The Bertz CT molecular complexity index is 607. The molecule has 0 saturated heterocycles. The maximum absolute atomic E-state index is 12.7. The molecule has 0 saturated carbocycles. The lowest BCUT2D eigenvalue weighted by molar-refractivity contribution is -0.277. The molecule has 0 aliphatic carbocycles. The van der Waals surface area contributed by atoms with Crippen LogP contribution in [0, 0.1) is 0 Å². The smallest absolute Gasteiger partial charge is 0.386 e.